The second-order valence-corrected chi connectivity index (χ2v) is 8.33. The molecule has 0 spiro atoms. The van der Waals surface area contributed by atoms with E-state index in [1.165, 1.54) is 19.1 Å². The number of aliphatic imine (C=N–C) groups is 1. The quantitative estimate of drug-likeness (QED) is 0.335. The second-order valence-electron chi connectivity index (χ2n) is 8.33. The molecule has 0 fully saturated rings. The highest BCUT2D eigenvalue weighted by atomic mass is 19.4. The number of carbonyl (C=O) groups excluding carboxylic acids is 2. The highest BCUT2D eigenvalue weighted by Crippen LogP contribution is 2.45. The van der Waals surface area contributed by atoms with E-state index in [0.29, 0.717) is 0 Å². The Morgan fingerprint density at radius 3 is 2.44 bits per heavy atom. The number of methoxy groups -OCH3 is 1. The third kappa shape index (κ3) is 5.47. The van der Waals surface area contributed by atoms with Crippen LogP contribution in [0.15, 0.2) is 46.6 Å². The fourth-order valence-electron chi connectivity index (χ4n) is 4.30. The van der Waals surface area contributed by atoms with Crippen LogP contribution in [-0.2, 0) is 25.5 Å². The standard InChI is InChI=1S/C24H24F3N3O6/c1-12-10-15(13(2)28-12)8-9-36-23(32)20-19(16-6-5-7-17(11-16)30(33)34)18(22(31)35-4)14(3)29-21(20)24(25,26)27/h5-7,10-11,18-19,28H,8-9H2,1-4H3. The monoisotopic (exact) mass is 507 g/mol. The number of hydrogen-bond acceptors (Lipinski definition) is 7. The van der Waals surface area contributed by atoms with E-state index in [-0.39, 0.29) is 24.3 Å². The van der Waals surface area contributed by atoms with E-state index in [1.807, 2.05) is 19.9 Å². The Balaban J connectivity index is 2.10. The van der Waals surface area contributed by atoms with Crippen molar-refractivity contribution in [3.05, 3.63) is 74.2 Å². The number of non-ortho nitro benzene ring substituents is 1. The first kappa shape index (κ1) is 26.6. The van der Waals surface area contributed by atoms with Crippen LogP contribution in [0.1, 0.15) is 35.4 Å². The molecule has 0 radical (unpaired) electrons. The number of aromatic nitrogens is 1. The lowest BCUT2D eigenvalue weighted by Gasteiger charge is -2.32. The van der Waals surface area contributed by atoms with Gasteiger partial charge in [0.15, 0.2) is 5.70 Å². The molecule has 1 aromatic carbocycles. The summed E-state index contributed by atoms with van der Waals surface area (Å²) >= 11 is 0. The zero-order valence-corrected chi connectivity index (χ0v) is 19.9. The molecule has 192 valence electrons. The molecule has 0 saturated carbocycles. The molecule has 1 aliphatic heterocycles. The van der Waals surface area contributed by atoms with Gasteiger partial charge < -0.3 is 14.5 Å². The molecular formula is C24H24F3N3O6. The Morgan fingerprint density at radius 2 is 1.89 bits per heavy atom. The molecule has 0 bridgehead atoms. The van der Waals surface area contributed by atoms with Crippen molar-refractivity contribution in [2.24, 2.45) is 10.9 Å². The van der Waals surface area contributed by atoms with Gasteiger partial charge in [-0.2, -0.15) is 13.2 Å². The largest absolute Gasteiger partial charge is 0.468 e. The van der Waals surface area contributed by atoms with Gasteiger partial charge in [0, 0.05) is 41.6 Å². The van der Waals surface area contributed by atoms with Crippen molar-refractivity contribution in [3.63, 3.8) is 0 Å². The first-order chi connectivity index (χ1) is 16.8. The van der Waals surface area contributed by atoms with Crippen LogP contribution in [0.4, 0.5) is 18.9 Å². The minimum Gasteiger partial charge on any atom is -0.468 e. The van der Waals surface area contributed by atoms with Crippen molar-refractivity contribution >= 4 is 23.3 Å². The molecule has 9 nitrogen and oxygen atoms in total. The molecular weight excluding hydrogens is 483 g/mol. The van der Waals surface area contributed by atoms with Gasteiger partial charge in [-0.15, -0.1) is 0 Å². The smallest absolute Gasteiger partial charge is 0.433 e. The van der Waals surface area contributed by atoms with Gasteiger partial charge in [0.05, 0.1) is 24.2 Å². The van der Waals surface area contributed by atoms with Gasteiger partial charge in [-0.25, -0.2) is 4.79 Å². The number of aryl methyl sites for hydroxylation is 2. The van der Waals surface area contributed by atoms with Crippen LogP contribution in [0.25, 0.3) is 0 Å². The minimum absolute atomic E-state index is 0.0559. The fourth-order valence-corrected chi connectivity index (χ4v) is 4.30. The maximum atomic E-state index is 14.1. The van der Waals surface area contributed by atoms with Gasteiger partial charge in [0.2, 0.25) is 0 Å². The summed E-state index contributed by atoms with van der Waals surface area (Å²) in [5.74, 6) is -5.28. The normalized spacial score (nSPS) is 18.0. The first-order valence-corrected chi connectivity index (χ1v) is 10.9. The Hall–Kier alpha value is -3.96. The van der Waals surface area contributed by atoms with Crippen molar-refractivity contribution in [1.29, 1.82) is 0 Å². The first-order valence-electron chi connectivity index (χ1n) is 10.9. The van der Waals surface area contributed by atoms with E-state index in [1.54, 1.807) is 0 Å². The number of nitrogens with zero attached hydrogens (tertiary/aromatic N) is 2. The molecule has 2 aromatic rings. The summed E-state index contributed by atoms with van der Waals surface area (Å²) in [6.07, 6.45) is -4.83. The van der Waals surface area contributed by atoms with Crippen LogP contribution in [0.2, 0.25) is 0 Å². The number of aromatic amines is 1. The van der Waals surface area contributed by atoms with Gasteiger partial charge in [-0.3, -0.25) is 19.9 Å². The van der Waals surface area contributed by atoms with E-state index < -0.39 is 51.8 Å². The third-order valence-corrected chi connectivity index (χ3v) is 5.88. The van der Waals surface area contributed by atoms with E-state index in [2.05, 4.69) is 9.98 Å². The number of rotatable bonds is 7. The number of nitrogens with one attached hydrogen (secondary N) is 1. The lowest BCUT2D eigenvalue weighted by atomic mass is 9.75. The number of benzene rings is 1. The maximum absolute atomic E-state index is 14.1. The molecule has 1 aliphatic rings. The van der Waals surface area contributed by atoms with E-state index in [0.717, 1.165) is 36.2 Å². The lowest BCUT2D eigenvalue weighted by Crippen LogP contribution is -2.38. The Morgan fingerprint density at radius 1 is 1.19 bits per heavy atom. The second kappa shape index (κ2) is 10.3. The summed E-state index contributed by atoms with van der Waals surface area (Å²) < 4.78 is 52.2. The summed E-state index contributed by atoms with van der Waals surface area (Å²) in [5, 5.41) is 11.3. The summed E-state index contributed by atoms with van der Waals surface area (Å²) in [7, 11) is 1.04. The third-order valence-electron chi connectivity index (χ3n) is 5.88. The number of alkyl halides is 3. The van der Waals surface area contributed by atoms with Gasteiger partial charge >= 0.3 is 18.1 Å². The zero-order valence-electron chi connectivity index (χ0n) is 19.9. The minimum atomic E-state index is -5.07. The number of hydrogen-bond donors (Lipinski definition) is 1. The predicted molar refractivity (Wildman–Crippen MR) is 122 cm³/mol. The van der Waals surface area contributed by atoms with Gasteiger partial charge in [-0.05, 0) is 38.0 Å². The molecule has 2 heterocycles. The van der Waals surface area contributed by atoms with Crippen LogP contribution in [0.5, 0.6) is 0 Å². The molecule has 2 unspecified atom stereocenters. The van der Waals surface area contributed by atoms with Crippen molar-refractivity contribution in [2.45, 2.75) is 39.3 Å². The number of carbonyl (C=O) groups is 2. The summed E-state index contributed by atoms with van der Waals surface area (Å²) in [5.41, 5.74) is -0.625. The van der Waals surface area contributed by atoms with E-state index >= 15 is 0 Å². The van der Waals surface area contributed by atoms with Crippen LogP contribution >= 0.6 is 0 Å². The molecule has 12 heteroatoms. The molecule has 36 heavy (non-hydrogen) atoms. The Kier molecular flexibility index (Phi) is 7.65. The topological polar surface area (TPSA) is 124 Å². The van der Waals surface area contributed by atoms with Gasteiger partial charge in [-0.1, -0.05) is 12.1 Å². The number of esters is 2. The number of allylic oxidation sites excluding steroid dienone is 1. The lowest BCUT2D eigenvalue weighted by molar-refractivity contribution is -0.384. The van der Waals surface area contributed by atoms with Crippen LogP contribution in [0, 0.1) is 29.9 Å². The van der Waals surface area contributed by atoms with Gasteiger partial charge in [0.25, 0.3) is 5.69 Å². The van der Waals surface area contributed by atoms with Gasteiger partial charge in [0.1, 0.15) is 5.92 Å². The fraction of sp³-hybridized carbons (Fsp3) is 0.375. The van der Waals surface area contributed by atoms with Crippen LogP contribution < -0.4 is 0 Å². The number of nitro benzene ring substituents is 1. The zero-order chi connectivity index (χ0) is 26.8. The molecule has 2 atom stereocenters. The SMILES string of the molecule is COC(=O)C1C(C)=NC(C(F)(F)F)=C(C(=O)OCCc2cc(C)[nH]c2C)C1c1cccc([N+](=O)[O-])c1. The number of ether oxygens (including phenoxy) is 2. The van der Waals surface area contributed by atoms with Crippen LogP contribution in [-0.4, -0.2) is 47.5 Å². The molecule has 0 amide bonds. The van der Waals surface area contributed by atoms with Crippen molar-refractivity contribution in [2.75, 3.05) is 13.7 Å². The van der Waals surface area contributed by atoms with Crippen molar-refractivity contribution < 1.29 is 37.2 Å². The highest BCUT2D eigenvalue weighted by Gasteiger charge is 2.49. The summed E-state index contributed by atoms with van der Waals surface area (Å²) in [6.45, 7) is 4.61. The molecule has 3 rings (SSSR count). The summed E-state index contributed by atoms with van der Waals surface area (Å²) in [6, 6.07) is 6.56. The van der Waals surface area contributed by atoms with Crippen LogP contribution in [0.3, 0.4) is 0 Å². The van der Waals surface area contributed by atoms with Crippen molar-refractivity contribution in [1.82, 2.24) is 4.98 Å². The molecule has 0 aliphatic carbocycles. The Labute approximate surface area is 204 Å². The molecule has 1 aromatic heterocycles. The number of halogens is 3. The predicted octanol–water partition coefficient (Wildman–Crippen LogP) is 4.49. The Bertz CT molecular complexity index is 1260. The average molecular weight is 507 g/mol. The molecule has 0 saturated heterocycles. The number of H-pyrrole nitrogens is 1. The highest BCUT2D eigenvalue weighted by molar-refractivity contribution is 6.07. The van der Waals surface area contributed by atoms with E-state index in [4.69, 9.17) is 9.47 Å². The summed E-state index contributed by atoms with van der Waals surface area (Å²) in [4.78, 5) is 43.0. The molecule has 1 N–H and O–H groups in total. The maximum Gasteiger partial charge on any atom is 0.433 e. The van der Waals surface area contributed by atoms with Crippen molar-refractivity contribution in [3.8, 4) is 0 Å². The number of nitro groups is 1. The van der Waals surface area contributed by atoms with E-state index in [9.17, 15) is 32.9 Å². The average Bonchev–Trinajstić information content (AvgIpc) is 3.13.